The lowest BCUT2D eigenvalue weighted by Gasteiger charge is -2.02. The van der Waals surface area contributed by atoms with E-state index in [0.29, 0.717) is 11.3 Å². The Hall–Kier alpha value is -3.73. The lowest BCUT2D eigenvalue weighted by atomic mass is 10.2. The molecule has 4 rings (SSSR count). The van der Waals surface area contributed by atoms with Crippen molar-refractivity contribution in [2.24, 2.45) is 5.10 Å². The highest BCUT2D eigenvalue weighted by Crippen LogP contribution is 2.28. The van der Waals surface area contributed by atoms with Crippen LogP contribution in [0.4, 0.5) is 13.2 Å². The molecule has 1 aromatic carbocycles. The molecule has 0 aliphatic carbocycles. The number of carbonyl (C=O) groups is 1. The number of benzene rings is 1. The standard InChI is InChI=1S/C20H15F3N6OS/c21-20(22,23)17-8-9-28(26-17)13-18(30)25-24-11-14-12-29(15-5-2-1-3-6-15)27-19(14)16-7-4-10-31-16/h1-12H,13H2,(H,25,30). The van der Waals surface area contributed by atoms with Gasteiger partial charge in [0.05, 0.1) is 16.8 Å². The van der Waals surface area contributed by atoms with Gasteiger partial charge in [-0.3, -0.25) is 9.48 Å². The fourth-order valence-electron chi connectivity index (χ4n) is 2.76. The lowest BCUT2D eigenvalue weighted by molar-refractivity contribution is -0.141. The molecule has 0 spiro atoms. The summed E-state index contributed by atoms with van der Waals surface area (Å²) in [6.45, 7) is -0.394. The summed E-state index contributed by atoms with van der Waals surface area (Å²) in [7, 11) is 0. The number of rotatable bonds is 6. The number of thiophene rings is 1. The Labute approximate surface area is 178 Å². The van der Waals surface area contributed by atoms with E-state index in [-0.39, 0.29) is 0 Å². The first-order chi connectivity index (χ1) is 14.9. The molecule has 0 bridgehead atoms. The number of hydrogen-bond donors (Lipinski definition) is 1. The second-order valence-corrected chi connectivity index (χ2v) is 7.33. The van der Waals surface area contributed by atoms with E-state index in [1.807, 2.05) is 47.8 Å². The van der Waals surface area contributed by atoms with Crippen LogP contribution < -0.4 is 5.43 Å². The number of amides is 1. The van der Waals surface area contributed by atoms with Gasteiger partial charge in [-0.2, -0.15) is 28.5 Å². The van der Waals surface area contributed by atoms with Gasteiger partial charge < -0.3 is 0 Å². The number of nitrogens with zero attached hydrogens (tertiary/aromatic N) is 5. The fourth-order valence-corrected chi connectivity index (χ4v) is 3.49. The monoisotopic (exact) mass is 444 g/mol. The van der Waals surface area contributed by atoms with E-state index in [2.05, 4.69) is 20.7 Å². The lowest BCUT2D eigenvalue weighted by Crippen LogP contribution is -2.23. The first-order valence-electron chi connectivity index (χ1n) is 9.02. The van der Waals surface area contributed by atoms with Crippen molar-refractivity contribution in [2.75, 3.05) is 0 Å². The van der Waals surface area contributed by atoms with Crippen molar-refractivity contribution in [3.8, 4) is 16.3 Å². The highest BCUT2D eigenvalue weighted by molar-refractivity contribution is 7.13. The van der Waals surface area contributed by atoms with Gasteiger partial charge in [0, 0.05) is 18.0 Å². The molecule has 0 aliphatic rings. The molecular formula is C20H15F3N6OS. The van der Waals surface area contributed by atoms with Gasteiger partial charge in [-0.25, -0.2) is 10.1 Å². The average molecular weight is 444 g/mol. The minimum Gasteiger partial charge on any atom is -0.271 e. The van der Waals surface area contributed by atoms with Crippen molar-refractivity contribution in [1.29, 1.82) is 0 Å². The van der Waals surface area contributed by atoms with Gasteiger partial charge in [0.1, 0.15) is 12.2 Å². The number of carbonyl (C=O) groups excluding carboxylic acids is 1. The van der Waals surface area contributed by atoms with Crippen LogP contribution in [-0.4, -0.2) is 31.7 Å². The van der Waals surface area contributed by atoms with Gasteiger partial charge in [-0.1, -0.05) is 24.3 Å². The van der Waals surface area contributed by atoms with Gasteiger partial charge in [-0.15, -0.1) is 11.3 Å². The van der Waals surface area contributed by atoms with Crippen LogP contribution in [0.1, 0.15) is 11.3 Å². The minimum atomic E-state index is -4.56. The third-order valence-electron chi connectivity index (χ3n) is 4.15. The number of hydrogen-bond acceptors (Lipinski definition) is 5. The zero-order chi connectivity index (χ0) is 21.8. The first kappa shape index (κ1) is 20.5. The van der Waals surface area contributed by atoms with Gasteiger partial charge in [-0.05, 0) is 29.6 Å². The zero-order valence-corrected chi connectivity index (χ0v) is 16.6. The summed E-state index contributed by atoms with van der Waals surface area (Å²) >= 11 is 1.52. The van der Waals surface area contributed by atoms with Crippen LogP contribution in [-0.2, 0) is 17.5 Å². The molecule has 1 amide bonds. The van der Waals surface area contributed by atoms with Crippen molar-refractivity contribution in [3.63, 3.8) is 0 Å². The summed E-state index contributed by atoms with van der Waals surface area (Å²) < 4.78 is 40.4. The zero-order valence-electron chi connectivity index (χ0n) is 15.8. The quantitative estimate of drug-likeness (QED) is 0.361. The molecule has 4 aromatic rings. The molecule has 3 aromatic heterocycles. The normalized spacial score (nSPS) is 11.8. The van der Waals surface area contributed by atoms with E-state index < -0.39 is 24.3 Å². The molecule has 31 heavy (non-hydrogen) atoms. The molecule has 0 unspecified atom stereocenters. The van der Waals surface area contributed by atoms with Crippen molar-refractivity contribution in [3.05, 3.63) is 77.6 Å². The third-order valence-corrected chi connectivity index (χ3v) is 5.02. The number of halogens is 3. The van der Waals surface area contributed by atoms with Gasteiger partial charge in [0.25, 0.3) is 5.91 Å². The van der Waals surface area contributed by atoms with E-state index in [4.69, 9.17) is 0 Å². The van der Waals surface area contributed by atoms with Crippen LogP contribution in [0.5, 0.6) is 0 Å². The summed E-state index contributed by atoms with van der Waals surface area (Å²) in [5.41, 5.74) is 3.47. The van der Waals surface area contributed by atoms with Crippen molar-refractivity contribution >= 4 is 23.5 Å². The topological polar surface area (TPSA) is 77.1 Å². The molecule has 0 radical (unpaired) electrons. The van der Waals surface area contributed by atoms with E-state index in [9.17, 15) is 18.0 Å². The second kappa shape index (κ2) is 8.56. The first-order valence-corrected chi connectivity index (χ1v) is 9.89. The van der Waals surface area contributed by atoms with Crippen LogP contribution in [0.25, 0.3) is 16.3 Å². The van der Waals surface area contributed by atoms with E-state index in [1.165, 1.54) is 17.6 Å². The van der Waals surface area contributed by atoms with Crippen LogP contribution in [0, 0.1) is 0 Å². The third kappa shape index (κ3) is 4.89. The Bertz CT molecular complexity index is 1200. The highest BCUT2D eigenvalue weighted by Gasteiger charge is 2.33. The Kier molecular flexibility index (Phi) is 5.67. The number of aromatic nitrogens is 4. The number of hydrazone groups is 1. The van der Waals surface area contributed by atoms with Gasteiger partial charge in [0.2, 0.25) is 0 Å². The Morgan fingerprint density at radius 3 is 2.61 bits per heavy atom. The molecule has 7 nitrogen and oxygen atoms in total. The maximum atomic E-state index is 12.6. The van der Waals surface area contributed by atoms with E-state index >= 15 is 0 Å². The predicted octanol–water partition coefficient (Wildman–Crippen LogP) is 3.97. The smallest absolute Gasteiger partial charge is 0.271 e. The molecule has 0 atom stereocenters. The Morgan fingerprint density at radius 1 is 1.13 bits per heavy atom. The molecule has 3 heterocycles. The predicted molar refractivity (Wildman–Crippen MR) is 110 cm³/mol. The van der Waals surface area contributed by atoms with Crippen LogP contribution in [0.2, 0.25) is 0 Å². The van der Waals surface area contributed by atoms with Crippen molar-refractivity contribution in [1.82, 2.24) is 25.0 Å². The molecule has 11 heteroatoms. The SMILES string of the molecule is O=C(Cn1ccc(C(F)(F)F)n1)NN=Cc1cn(-c2ccccc2)nc1-c1cccs1. The average Bonchev–Trinajstić information content (AvgIpc) is 3.49. The molecule has 0 saturated heterocycles. The van der Waals surface area contributed by atoms with Crippen LogP contribution in [0.15, 0.2) is 71.4 Å². The molecule has 0 saturated carbocycles. The van der Waals surface area contributed by atoms with E-state index in [0.717, 1.165) is 27.5 Å². The Balaban J connectivity index is 1.48. The summed E-state index contributed by atoms with van der Waals surface area (Å²) in [5, 5.41) is 13.8. The number of nitrogens with one attached hydrogen (secondary N) is 1. The number of alkyl halides is 3. The second-order valence-electron chi connectivity index (χ2n) is 6.38. The summed E-state index contributed by atoms with van der Waals surface area (Å²) in [4.78, 5) is 12.9. The maximum absolute atomic E-state index is 12.6. The molecular weight excluding hydrogens is 429 g/mol. The fraction of sp³-hybridized carbons (Fsp3) is 0.100. The van der Waals surface area contributed by atoms with Gasteiger partial charge >= 0.3 is 6.18 Å². The molecule has 1 N–H and O–H groups in total. The molecule has 158 valence electrons. The van der Waals surface area contributed by atoms with Crippen molar-refractivity contribution in [2.45, 2.75) is 12.7 Å². The van der Waals surface area contributed by atoms with Crippen molar-refractivity contribution < 1.29 is 18.0 Å². The molecule has 0 aliphatic heterocycles. The summed E-state index contributed by atoms with van der Waals surface area (Å²) in [6, 6.07) is 14.2. The maximum Gasteiger partial charge on any atom is 0.435 e. The Morgan fingerprint density at radius 2 is 1.94 bits per heavy atom. The highest BCUT2D eigenvalue weighted by atomic mass is 32.1. The van der Waals surface area contributed by atoms with Gasteiger partial charge in [0.15, 0.2) is 5.69 Å². The molecule has 0 fully saturated rings. The summed E-state index contributed by atoms with van der Waals surface area (Å²) in [5.74, 6) is -0.610. The minimum absolute atomic E-state index is 0.394. The van der Waals surface area contributed by atoms with Crippen LogP contribution >= 0.6 is 11.3 Å². The summed E-state index contributed by atoms with van der Waals surface area (Å²) in [6.07, 6.45) is -0.241. The largest absolute Gasteiger partial charge is 0.435 e. The van der Waals surface area contributed by atoms with Crippen LogP contribution in [0.3, 0.4) is 0 Å². The number of para-hydroxylation sites is 1. The van der Waals surface area contributed by atoms with E-state index in [1.54, 1.807) is 10.9 Å².